The first-order valence-corrected chi connectivity index (χ1v) is 45.7. The van der Waals surface area contributed by atoms with E-state index >= 15 is 0 Å². The number of ketones is 1. The van der Waals surface area contributed by atoms with Crippen LogP contribution in [-0.4, -0.2) is 108 Å². The molecule has 0 spiro atoms. The number of halogens is 2. The molecule has 0 bridgehead atoms. The van der Waals surface area contributed by atoms with E-state index in [-0.39, 0.29) is 112 Å². The molecule has 0 unspecified atom stereocenters. The van der Waals surface area contributed by atoms with Crippen molar-refractivity contribution in [2.45, 2.75) is 236 Å². The number of aryl methyl sites for hydroxylation is 2. The van der Waals surface area contributed by atoms with E-state index in [1.54, 1.807) is 25.5 Å². The number of nitriles is 2. The Kier molecular flexibility index (Phi) is 52.2. The topological polar surface area (TPSA) is 345 Å². The van der Waals surface area contributed by atoms with Gasteiger partial charge in [-0.05, 0) is 227 Å². The Morgan fingerprint density at radius 3 is 1.60 bits per heavy atom. The molecule has 27 heteroatoms. The number of allylic oxidation sites excluding steroid dienone is 2. The second kappa shape index (κ2) is 57.2. The number of carbonyl (C=O) groups is 1. The summed E-state index contributed by atoms with van der Waals surface area (Å²) < 4.78 is 6.11. The third kappa shape index (κ3) is 31.5. The molecule has 5 fully saturated rings. The first-order valence-electron chi connectivity index (χ1n) is 40.1. The number of H-pyrrole nitrogens is 3. The summed E-state index contributed by atoms with van der Waals surface area (Å²) in [5.74, 6) is 3.87. The Balaban J connectivity index is 0.00000132. The smallest absolute Gasteiger partial charge is 1.00 e. The van der Waals surface area contributed by atoms with Gasteiger partial charge in [0, 0.05) is 148 Å². The molecular formula is C89H126ClIN14Na2O7PdSi. The molecule has 21 nitrogen and oxygen atoms in total. The van der Waals surface area contributed by atoms with Gasteiger partial charge in [0.05, 0.1) is 24.8 Å². The number of hydrogen-bond donors (Lipinski definition) is 5. The fourth-order valence-corrected chi connectivity index (χ4v) is 15.9. The minimum atomic E-state index is -1.33. The predicted octanol–water partition coefficient (Wildman–Crippen LogP) is 14.4. The largest absolute Gasteiger partial charge is 1.00 e. The summed E-state index contributed by atoms with van der Waals surface area (Å²) in [5.41, 5.74) is 17.0. The molecule has 5 saturated carbocycles. The molecule has 2 aliphatic heterocycles. The van der Waals surface area contributed by atoms with Crippen LogP contribution in [0.5, 0.6) is 0 Å². The number of pyridine rings is 6. The van der Waals surface area contributed by atoms with Crippen molar-refractivity contribution >= 4 is 110 Å². The number of aromatic nitrogens is 12. The number of fused-ring (bicyclic) bond motifs is 6. The Morgan fingerprint density at radius 1 is 0.595 bits per heavy atom. The fraction of sp³-hybridized carbons (Fsp3) is 0.472. The molecule has 10 aromatic heterocycles. The molecular weight excluding hydrogens is 1720 g/mol. The van der Waals surface area contributed by atoms with Gasteiger partial charge in [-0.25, -0.2) is 39.5 Å². The van der Waals surface area contributed by atoms with E-state index < -0.39 is 8.07 Å². The Morgan fingerprint density at radius 2 is 1.08 bits per heavy atom. The molecule has 0 radical (unpaired) electrons. The average Bonchev–Trinajstić information content (AvgIpc) is 1.65. The Labute approximate surface area is 768 Å². The SMILES string of the molecule is C1=C(c2c[nH]c3ncccc23)CCCC1.CCO.CI.C[O-].C[Si](C)(C)C#N.Cl.Cn1cc(C2CCCCC2)c2ccc(C#N)nc21.Cn1cc(C2CCCCC2)c2ccc[n+]([O-])c21.O.O.O=C1CCCCC1.On1cccc2c(C3CCCCC3)cnc1-2.[H-].[HH].[Na+].[Na+].[Pd].c1cnc2[nH]cc(C3CCCCC3)c2c1.c1cnc2[nH]ccc2c1. The number of aliphatic hydroxyl groups excluding tert-OH is 1. The van der Waals surface area contributed by atoms with Crippen molar-refractivity contribution in [1.29, 1.82) is 10.5 Å². The molecule has 8 aliphatic rings. The van der Waals surface area contributed by atoms with E-state index in [2.05, 4.69) is 140 Å². The molecule has 116 heavy (non-hydrogen) atoms. The number of Topliss-reactive ketones (excluding diaryl/α,β-unsaturated/α-hetero) is 1. The summed E-state index contributed by atoms with van der Waals surface area (Å²) in [6.07, 6.45) is 60.4. The number of carbonyl (C=O) groups excluding carboxylic acids is 1. The minimum Gasteiger partial charge on any atom is -1.00 e. The zero-order valence-corrected chi connectivity index (χ0v) is 79.6. The number of hydrogen-bond acceptors (Lipinski definition) is 12. The summed E-state index contributed by atoms with van der Waals surface area (Å²) in [5, 5.41) is 60.5. The molecule has 10 aromatic rings. The summed E-state index contributed by atoms with van der Waals surface area (Å²) in [6.45, 7) is 7.99. The van der Waals surface area contributed by atoms with Crippen LogP contribution < -0.4 is 69.0 Å². The van der Waals surface area contributed by atoms with Crippen molar-refractivity contribution in [3.63, 3.8) is 0 Å². The molecule has 6 aliphatic carbocycles. The molecule has 0 saturated heterocycles. The van der Waals surface area contributed by atoms with E-state index in [9.17, 15) is 15.2 Å². The maximum absolute atomic E-state index is 11.8. The quantitative estimate of drug-likeness (QED) is 0.0268. The molecule has 9 N–H and O–H groups in total. The van der Waals surface area contributed by atoms with Gasteiger partial charge in [-0.15, -0.1) is 12.4 Å². The molecule has 0 atom stereocenters. The first kappa shape index (κ1) is 106. The summed E-state index contributed by atoms with van der Waals surface area (Å²) in [7, 11) is 3.40. The number of alkyl halides is 1. The van der Waals surface area contributed by atoms with Crippen LogP contribution in [-0.2, 0) is 39.3 Å². The van der Waals surface area contributed by atoms with Gasteiger partial charge in [0.15, 0.2) is 13.9 Å². The van der Waals surface area contributed by atoms with E-state index in [0.29, 0.717) is 35.1 Å². The van der Waals surface area contributed by atoms with Gasteiger partial charge in [-0.3, -0.25) is 4.79 Å². The molecule has 18 rings (SSSR count). The maximum atomic E-state index is 11.8. The zero-order valence-electron chi connectivity index (χ0n) is 71.1. The summed E-state index contributed by atoms with van der Waals surface area (Å²) in [4.78, 5) is 43.4. The van der Waals surface area contributed by atoms with Gasteiger partial charge >= 0.3 is 59.1 Å². The van der Waals surface area contributed by atoms with Gasteiger partial charge in [-0.2, -0.15) is 17.1 Å². The van der Waals surface area contributed by atoms with E-state index in [1.165, 1.54) is 210 Å². The Hall–Kier alpha value is -6.13. The van der Waals surface area contributed by atoms with Crippen molar-refractivity contribution in [1.82, 2.24) is 53.7 Å². The number of nitrogens with one attached hydrogen (secondary N) is 3. The molecule has 624 valence electrons. The van der Waals surface area contributed by atoms with Crippen LogP contribution >= 0.6 is 35.0 Å². The molecule has 12 heterocycles. The van der Waals surface area contributed by atoms with Crippen LogP contribution in [0.15, 0.2) is 153 Å². The number of aliphatic hydroxyl groups is 1. The van der Waals surface area contributed by atoms with Crippen LogP contribution in [0.3, 0.4) is 0 Å². The zero-order chi connectivity index (χ0) is 78.6. The monoisotopic (exact) mass is 1840 g/mol. The summed E-state index contributed by atoms with van der Waals surface area (Å²) >= 11 is 2.15. The molecule has 0 amide bonds. The van der Waals surface area contributed by atoms with E-state index in [1.807, 2.05) is 117 Å². The van der Waals surface area contributed by atoms with E-state index in [4.69, 9.17) is 20.7 Å². The fourth-order valence-electron chi connectivity index (χ4n) is 15.9. The normalized spacial score (nSPS) is 15.2. The second-order valence-corrected chi connectivity index (χ2v) is 34.9. The van der Waals surface area contributed by atoms with Crippen LogP contribution in [0.4, 0.5) is 0 Å². The van der Waals surface area contributed by atoms with Crippen LogP contribution in [0.1, 0.15) is 253 Å². The number of aromatic amines is 3. The van der Waals surface area contributed by atoms with Crippen LogP contribution in [0.2, 0.25) is 19.6 Å². The minimum absolute atomic E-state index is 0. The van der Waals surface area contributed by atoms with Gasteiger partial charge in [-0.1, -0.05) is 132 Å². The van der Waals surface area contributed by atoms with Crippen molar-refractivity contribution in [2.75, 3.05) is 18.6 Å². The molecule has 0 aromatic carbocycles. The predicted molar refractivity (Wildman–Crippen MR) is 475 cm³/mol. The van der Waals surface area contributed by atoms with Gasteiger partial charge < -0.3 is 52.5 Å². The number of nitrogens with zero attached hydrogens (tertiary/aromatic N) is 11. The van der Waals surface area contributed by atoms with Gasteiger partial charge in [0.2, 0.25) is 0 Å². The van der Waals surface area contributed by atoms with Crippen molar-refractivity contribution in [3.8, 4) is 23.1 Å². The average molecular weight is 1850 g/mol. The van der Waals surface area contributed by atoms with Gasteiger partial charge in [0.1, 0.15) is 40.1 Å². The first-order chi connectivity index (χ1) is 53.7. The van der Waals surface area contributed by atoms with Crippen LogP contribution in [0, 0.1) is 27.5 Å². The van der Waals surface area contributed by atoms with Crippen LogP contribution in [0.25, 0.3) is 72.1 Å². The van der Waals surface area contributed by atoms with Crippen molar-refractivity contribution in [2.24, 2.45) is 14.1 Å². The maximum Gasteiger partial charge on any atom is 1.00 e. The second-order valence-electron chi connectivity index (χ2n) is 30.2. The third-order valence-corrected chi connectivity index (χ3v) is 22.0. The summed E-state index contributed by atoms with van der Waals surface area (Å²) in [6, 6.07) is 28.2. The Bertz CT molecular complexity index is 4780. The third-order valence-electron chi connectivity index (χ3n) is 21.3. The van der Waals surface area contributed by atoms with Gasteiger partial charge in [0.25, 0.3) is 5.65 Å². The van der Waals surface area contributed by atoms with Crippen molar-refractivity contribution < 1.29 is 118 Å². The van der Waals surface area contributed by atoms with E-state index in [0.717, 1.165) is 92.7 Å². The standard InChI is InChI=1S/C15H17N3.C14H18N2O.C13H16N2O.C13H16N2.C13H14N2.C7H6N2.C6H10O.C4H9NSi.C2H6O.CH3I.CH3O.ClH.2Na.2H2O.Pd.H2.H/c1-18-10-14(11-5-3-2-4-6-11)13-8-7-12(9-16)17-15(13)18;1-15-10-13(11-6-3-2-4-7-11)12-8-5-9-16(17)14(12)15;16-15-8-4-7-11-12(9-14-13(11)15)10-5-2-1-3-6-10;2*1-2-5-10(6-3-1)12-9-15-13-11(12)7-4-8-14-13;1-2-6-3-5-9-7(6)8-4-1;7-6-4-2-1-3-5-6;1-6(2,3)4-5;1-2-3;2*1-2;;;;;;;;/h7-8,10-11H,2-6H2,1H3;5,8-11H,2-4,6-7H2,1H3;4,7-10,16H,1-3,5-6H2;4,7-10H,1-3,5-6H2,(H,14,15);4-5,7-9H,1-3,6H2,(H,14,15);1-5H,(H,8,9);1-5H2;1-3H3;3H,2H2,1H3;2*1H3;1H;;;2*1H2;;1H;/q;;;;;;;;;;-1;;2*+1;;;;;-1. The number of rotatable bonds is 5. The van der Waals surface area contributed by atoms with Crippen molar-refractivity contribution in [3.05, 3.63) is 192 Å².